The van der Waals surface area contributed by atoms with Gasteiger partial charge in [0.05, 0.1) is 10.6 Å². The van der Waals surface area contributed by atoms with Gasteiger partial charge in [-0.3, -0.25) is 9.59 Å². The van der Waals surface area contributed by atoms with Crippen molar-refractivity contribution in [1.29, 1.82) is 0 Å². The van der Waals surface area contributed by atoms with Gasteiger partial charge in [0.2, 0.25) is 5.91 Å². The van der Waals surface area contributed by atoms with Crippen LogP contribution in [0.25, 0.3) is 0 Å². The normalized spacial score (nSPS) is 19.9. The highest BCUT2D eigenvalue weighted by Crippen LogP contribution is 2.38. The van der Waals surface area contributed by atoms with E-state index in [0.717, 1.165) is 6.42 Å². The first-order valence-electron chi connectivity index (χ1n) is 9.71. The second kappa shape index (κ2) is 8.46. The largest absolute Gasteiger partial charge is 0.354 e. The van der Waals surface area contributed by atoms with Crippen molar-refractivity contribution in [3.63, 3.8) is 0 Å². The summed E-state index contributed by atoms with van der Waals surface area (Å²) in [5.41, 5.74) is -0.474. The van der Waals surface area contributed by atoms with E-state index >= 15 is 0 Å². The molecule has 0 aliphatic heterocycles. The maximum absolute atomic E-state index is 12.9. The van der Waals surface area contributed by atoms with Crippen LogP contribution < -0.4 is 16.0 Å². The van der Waals surface area contributed by atoms with Crippen molar-refractivity contribution in [2.45, 2.75) is 24.0 Å². The lowest BCUT2D eigenvalue weighted by Crippen LogP contribution is -2.22. The fraction of sp³-hybridized carbons (Fsp3) is 0.353. The SMILES string of the molecule is [2H]C([2H])([2H])NC(=O)c1nnc(NC(=O)[C@@H]2C[C@H]2C)cc1Nc1ncccc1SC(F)F. The number of carbonyl (C=O) groups is 2. The number of hydrogen-bond donors (Lipinski definition) is 3. The minimum absolute atomic E-state index is 0.00294. The first-order chi connectivity index (χ1) is 14.5. The fourth-order valence-corrected chi connectivity index (χ4v) is 3.05. The molecule has 1 fully saturated rings. The summed E-state index contributed by atoms with van der Waals surface area (Å²) >= 11 is 0.241. The number of amides is 2. The van der Waals surface area contributed by atoms with E-state index in [9.17, 15) is 18.4 Å². The Morgan fingerprint density at radius 3 is 2.86 bits per heavy atom. The molecule has 2 amide bonds. The first-order valence-corrected chi connectivity index (χ1v) is 9.09. The molecule has 2 atom stereocenters. The summed E-state index contributed by atoms with van der Waals surface area (Å²) in [6.45, 7) is -0.860. The first kappa shape index (κ1) is 16.2. The molecule has 0 radical (unpaired) electrons. The molecule has 0 spiro atoms. The second-order valence-corrected chi connectivity index (χ2v) is 7.14. The number of nitrogens with zero attached hydrogens (tertiary/aromatic N) is 3. The van der Waals surface area contributed by atoms with Crippen LogP contribution in [0.5, 0.6) is 0 Å². The number of thioether (sulfide) groups is 1. The Balaban J connectivity index is 1.93. The highest BCUT2D eigenvalue weighted by molar-refractivity contribution is 7.99. The number of carbonyl (C=O) groups excluding carboxylic acids is 2. The number of alkyl halides is 2. The van der Waals surface area contributed by atoms with Crippen LogP contribution in [-0.4, -0.2) is 39.7 Å². The van der Waals surface area contributed by atoms with Crippen LogP contribution in [0.4, 0.5) is 26.1 Å². The molecule has 0 aromatic carbocycles. The number of pyridine rings is 1. The van der Waals surface area contributed by atoms with Crippen molar-refractivity contribution >= 4 is 40.9 Å². The Morgan fingerprint density at radius 1 is 1.39 bits per heavy atom. The van der Waals surface area contributed by atoms with Crippen molar-refractivity contribution in [2.24, 2.45) is 11.8 Å². The lowest BCUT2D eigenvalue weighted by molar-refractivity contribution is -0.117. The average molecular weight is 411 g/mol. The van der Waals surface area contributed by atoms with Gasteiger partial charge in [-0.2, -0.15) is 8.78 Å². The molecule has 3 rings (SSSR count). The molecule has 2 heterocycles. The van der Waals surface area contributed by atoms with Crippen LogP contribution in [0.15, 0.2) is 29.3 Å². The minimum Gasteiger partial charge on any atom is -0.354 e. The summed E-state index contributed by atoms with van der Waals surface area (Å²) in [5.74, 6) is -3.94. The van der Waals surface area contributed by atoms with E-state index in [1.165, 1.54) is 24.4 Å². The van der Waals surface area contributed by atoms with Crippen LogP contribution in [-0.2, 0) is 4.79 Å². The maximum Gasteiger partial charge on any atom is 0.289 e. The molecule has 1 aliphatic carbocycles. The third-order valence-corrected chi connectivity index (χ3v) is 4.82. The number of halogens is 2. The standard InChI is InChI=1S/C17H18F2N6O2S/c1-8-6-9(8)15(26)23-12-7-10(13(25-24-12)16(27)20-2)22-14-11(28-17(18)19)4-3-5-21-14/h3-5,7-9,17H,6H2,1-2H3,(H,20,27)(H2,21,22,23,24,26)/t8-,9-/m1/s1/i2D3. The number of rotatable bonds is 7. The second-order valence-electron chi connectivity index (χ2n) is 6.11. The number of nitrogens with one attached hydrogen (secondary N) is 3. The Bertz CT molecular complexity index is 995. The van der Waals surface area contributed by atoms with E-state index in [1.54, 1.807) is 5.32 Å². The summed E-state index contributed by atoms with van der Waals surface area (Å²) in [7, 11) is 0. The molecule has 28 heavy (non-hydrogen) atoms. The lowest BCUT2D eigenvalue weighted by Gasteiger charge is -2.13. The topological polar surface area (TPSA) is 109 Å². The quantitative estimate of drug-likeness (QED) is 0.601. The molecule has 11 heteroatoms. The molecule has 8 nitrogen and oxygen atoms in total. The molecular formula is C17H18F2N6O2S. The van der Waals surface area contributed by atoms with Gasteiger partial charge in [0, 0.05) is 29.3 Å². The molecule has 0 bridgehead atoms. The van der Waals surface area contributed by atoms with Crippen LogP contribution in [0.2, 0.25) is 0 Å². The van der Waals surface area contributed by atoms with E-state index < -0.39 is 24.3 Å². The minimum atomic E-state index is -2.79. The number of hydrogen-bond acceptors (Lipinski definition) is 7. The van der Waals surface area contributed by atoms with Gasteiger partial charge in [0.25, 0.3) is 11.7 Å². The van der Waals surface area contributed by atoms with Gasteiger partial charge < -0.3 is 16.0 Å². The van der Waals surface area contributed by atoms with Crippen molar-refractivity contribution in [3.8, 4) is 0 Å². The van der Waals surface area contributed by atoms with Gasteiger partial charge in [0.1, 0.15) is 5.82 Å². The Morgan fingerprint density at radius 2 is 2.18 bits per heavy atom. The van der Waals surface area contributed by atoms with Crippen LogP contribution in [0, 0.1) is 11.8 Å². The van der Waals surface area contributed by atoms with Gasteiger partial charge in [-0.15, -0.1) is 10.2 Å². The fourth-order valence-electron chi connectivity index (χ4n) is 2.48. The number of anilines is 3. The number of aromatic nitrogens is 3. The molecule has 2 aromatic heterocycles. The van der Waals surface area contributed by atoms with Gasteiger partial charge in [-0.25, -0.2) is 4.98 Å². The lowest BCUT2D eigenvalue weighted by atomic mass is 10.2. The summed E-state index contributed by atoms with van der Waals surface area (Å²) in [5, 5.41) is 14.6. The van der Waals surface area contributed by atoms with Crippen molar-refractivity contribution < 1.29 is 22.5 Å². The average Bonchev–Trinajstić information content (AvgIpc) is 3.38. The Hall–Kier alpha value is -2.82. The molecule has 0 saturated heterocycles. The van der Waals surface area contributed by atoms with E-state index in [-0.39, 0.29) is 51.7 Å². The van der Waals surface area contributed by atoms with Crippen LogP contribution in [0.1, 0.15) is 27.9 Å². The predicted octanol–water partition coefficient (Wildman–Crippen LogP) is 2.88. The van der Waals surface area contributed by atoms with E-state index in [0.29, 0.717) is 0 Å². The maximum atomic E-state index is 12.9. The summed E-state index contributed by atoms with van der Waals surface area (Å²) in [4.78, 5) is 28.7. The highest BCUT2D eigenvalue weighted by atomic mass is 32.2. The molecular weight excluding hydrogens is 390 g/mol. The zero-order valence-corrected chi connectivity index (χ0v) is 15.4. The van der Waals surface area contributed by atoms with E-state index in [4.69, 9.17) is 4.11 Å². The molecule has 0 unspecified atom stereocenters. The third-order valence-electron chi connectivity index (χ3n) is 4.06. The summed E-state index contributed by atoms with van der Waals surface area (Å²) in [6.07, 6.45) is 2.09. The van der Waals surface area contributed by atoms with Gasteiger partial charge in [0.15, 0.2) is 11.5 Å². The molecule has 3 N–H and O–H groups in total. The zero-order valence-electron chi connectivity index (χ0n) is 17.6. The Kier molecular flexibility index (Phi) is 4.89. The van der Waals surface area contributed by atoms with Crippen LogP contribution in [0.3, 0.4) is 0 Å². The molecule has 1 saturated carbocycles. The summed E-state index contributed by atoms with van der Waals surface area (Å²) < 4.78 is 47.3. The van der Waals surface area contributed by atoms with Crippen molar-refractivity contribution in [2.75, 3.05) is 17.6 Å². The van der Waals surface area contributed by atoms with E-state index in [2.05, 4.69) is 25.8 Å². The van der Waals surface area contributed by atoms with Crippen LogP contribution >= 0.6 is 11.8 Å². The van der Waals surface area contributed by atoms with Crippen molar-refractivity contribution in [3.05, 3.63) is 30.1 Å². The molecule has 1 aliphatic rings. The van der Waals surface area contributed by atoms with E-state index in [1.807, 2.05) is 6.92 Å². The smallest absolute Gasteiger partial charge is 0.289 e. The molecule has 2 aromatic rings. The third kappa shape index (κ3) is 4.71. The van der Waals surface area contributed by atoms with Gasteiger partial charge >= 0.3 is 0 Å². The molecule has 148 valence electrons. The Labute approximate surface area is 168 Å². The highest BCUT2D eigenvalue weighted by Gasteiger charge is 2.39. The predicted molar refractivity (Wildman–Crippen MR) is 101 cm³/mol. The zero-order chi connectivity index (χ0) is 22.8. The van der Waals surface area contributed by atoms with Gasteiger partial charge in [-0.1, -0.05) is 18.7 Å². The summed E-state index contributed by atoms with van der Waals surface area (Å²) in [6, 6.07) is 4.13. The van der Waals surface area contributed by atoms with Gasteiger partial charge in [-0.05, 0) is 24.5 Å². The monoisotopic (exact) mass is 411 g/mol. The van der Waals surface area contributed by atoms with Crippen molar-refractivity contribution in [1.82, 2.24) is 20.5 Å².